The molecule has 0 fully saturated rings. The van der Waals surface area contributed by atoms with Crippen LogP contribution in [0.2, 0.25) is 5.02 Å². The highest BCUT2D eigenvalue weighted by Crippen LogP contribution is 2.24. The van der Waals surface area contributed by atoms with Crippen molar-refractivity contribution in [1.29, 1.82) is 5.26 Å². The van der Waals surface area contributed by atoms with Crippen LogP contribution < -0.4 is 4.90 Å². The van der Waals surface area contributed by atoms with Crippen molar-refractivity contribution in [2.45, 2.75) is 39.5 Å². The third kappa shape index (κ3) is 4.23. The van der Waals surface area contributed by atoms with Crippen molar-refractivity contribution < 1.29 is 0 Å². The normalized spacial score (nSPS) is 10.1. The molecule has 0 spiro atoms. The number of nitrogens with zero attached hydrogens (tertiary/aromatic N) is 2. The van der Waals surface area contributed by atoms with Crippen LogP contribution in [0.3, 0.4) is 0 Å². The van der Waals surface area contributed by atoms with E-state index in [0.717, 1.165) is 44.5 Å². The van der Waals surface area contributed by atoms with Gasteiger partial charge < -0.3 is 4.90 Å². The van der Waals surface area contributed by atoms with Crippen LogP contribution >= 0.6 is 11.6 Å². The number of unbranched alkanes of at least 4 members (excludes halogenated alkanes) is 2. The van der Waals surface area contributed by atoms with Crippen molar-refractivity contribution in [3.63, 3.8) is 0 Å². The monoisotopic (exact) mass is 264 g/mol. The van der Waals surface area contributed by atoms with E-state index in [4.69, 9.17) is 11.6 Å². The molecule has 18 heavy (non-hydrogen) atoms. The van der Waals surface area contributed by atoms with Crippen molar-refractivity contribution in [1.82, 2.24) is 0 Å². The molecule has 0 aliphatic rings. The second-order valence-electron chi connectivity index (χ2n) is 4.47. The van der Waals surface area contributed by atoms with Crippen LogP contribution in [0.5, 0.6) is 0 Å². The lowest BCUT2D eigenvalue weighted by Gasteiger charge is -2.25. The first-order chi connectivity index (χ1) is 8.72. The van der Waals surface area contributed by atoms with Crippen LogP contribution in [-0.2, 0) is 0 Å². The Kier molecular flexibility index (Phi) is 6.60. The minimum absolute atomic E-state index is 0.626. The Bertz CT molecular complexity index is 401. The molecular weight excluding hydrogens is 244 g/mol. The van der Waals surface area contributed by atoms with Crippen molar-refractivity contribution in [3.8, 4) is 6.07 Å². The number of halogens is 1. The molecule has 0 N–H and O–H groups in total. The highest BCUT2D eigenvalue weighted by Gasteiger charge is 2.10. The summed E-state index contributed by atoms with van der Waals surface area (Å²) in [4.78, 5) is 2.31. The Balaban J connectivity index is 2.92. The number of anilines is 1. The number of rotatable bonds is 7. The van der Waals surface area contributed by atoms with E-state index in [2.05, 4.69) is 24.8 Å². The summed E-state index contributed by atoms with van der Waals surface area (Å²) >= 11 is 5.94. The zero-order valence-electron chi connectivity index (χ0n) is 11.2. The van der Waals surface area contributed by atoms with Gasteiger partial charge in [-0.15, -0.1) is 0 Å². The fourth-order valence-corrected chi connectivity index (χ4v) is 2.10. The van der Waals surface area contributed by atoms with Crippen LogP contribution in [0, 0.1) is 11.3 Å². The van der Waals surface area contributed by atoms with Gasteiger partial charge in [-0.2, -0.15) is 5.26 Å². The number of hydrogen-bond acceptors (Lipinski definition) is 2. The van der Waals surface area contributed by atoms with E-state index in [0.29, 0.717) is 10.6 Å². The largest absolute Gasteiger partial charge is 0.370 e. The van der Waals surface area contributed by atoms with Gasteiger partial charge in [-0.25, -0.2) is 0 Å². The molecular formula is C15H21ClN2. The minimum atomic E-state index is 0.626. The molecule has 2 nitrogen and oxygen atoms in total. The van der Waals surface area contributed by atoms with E-state index in [1.54, 1.807) is 6.07 Å². The molecule has 0 aromatic heterocycles. The summed E-state index contributed by atoms with van der Waals surface area (Å²) < 4.78 is 0. The second kappa shape index (κ2) is 8.00. The molecule has 0 aliphatic carbocycles. The molecule has 0 atom stereocenters. The maximum Gasteiger partial charge on any atom is 0.101 e. The molecule has 0 saturated heterocycles. The third-order valence-corrected chi connectivity index (χ3v) is 3.22. The van der Waals surface area contributed by atoms with Gasteiger partial charge in [0.25, 0.3) is 0 Å². The lowest BCUT2D eigenvalue weighted by atomic mass is 10.1. The van der Waals surface area contributed by atoms with Crippen molar-refractivity contribution in [2.24, 2.45) is 0 Å². The van der Waals surface area contributed by atoms with Crippen LogP contribution in [-0.4, -0.2) is 13.1 Å². The van der Waals surface area contributed by atoms with Crippen molar-refractivity contribution in [2.75, 3.05) is 18.0 Å². The molecule has 1 aromatic carbocycles. The van der Waals surface area contributed by atoms with Crippen LogP contribution in [0.15, 0.2) is 18.2 Å². The Morgan fingerprint density at radius 3 is 2.28 bits per heavy atom. The molecule has 0 bridgehead atoms. The molecule has 1 aromatic rings. The zero-order valence-corrected chi connectivity index (χ0v) is 12.0. The average Bonchev–Trinajstić information content (AvgIpc) is 2.39. The highest BCUT2D eigenvalue weighted by atomic mass is 35.5. The first kappa shape index (κ1) is 14.9. The second-order valence-corrected chi connectivity index (χ2v) is 4.90. The van der Waals surface area contributed by atoms with E-state index < -0.39 is 0 Å². The SMILES string of the molecule is CCCCN(CCCC)c1ccc(Cl)cc1C#N. The van der Waals surface area contributed by atoms with E-state index >= 15 is 0 Å². The Morgan fingerprint density at radius 1 is 1.17 bits per heavy atom. The summed E-state index contributed by atoms with van der Waals surface area (Å²) in [6.45, 7) is 6.38. The minimum Gasteiger partial charge on any atom is -0.370 e. The summed E-state index contributed by atoms with van der Waals surface area (Å²) in [5, 5.41) is 9.83. The van der Waals surface area contributed by atoms with Crippen LogP contribution in [0.25, 0.3) is 0 Å². The summed E-state index contributed by atoms with van der Waals surface area (Å²) in [5.74, 6) is 0. The molecule has 0 aliphatic heterocycles. The van der Waals surface area contributed by atoms with Gasteiger partial charge in [-0.3, -0.25) is 0 Å². The molecule has 0 amide bonds. The van der Waals surface area contributed by atoms with Crippen LogP contribution in [0.4, 0.5) is 5.69 Å². The van der Waals surface area contributed by atoms with Crippen LogP contribution in [0.1, 0.15) is 45.1 Å². The van der Waals surface area contributed by atoms with E-state index in [9.17, 15) is 5.26 Å². The predicted octanol–water partition coefficient (Wildman–Crippen LogP) is 4.62. The summed E-state index contributed by atoms with van der Waals surface area (Å²) in [6.07, 6.45) is 4.63. The van der Waals surface area contributed by atoms with Crippen molar-refractivity contribution in [3.05, 3.63) is 28.8 Å². The predicted molar refractivity (Wildman–Crippen MR) is 78.2 cm³/mol. The number of nitriles is 1. The summed E-state index contributed by atoms with van der Waals surface area (Å²) in [5.41, 5.74) is 1.69. The summed E-state index contributed by atoms with van der Waals surface area (Å²) in [7, 11) is 0. The maximum absolute atomic E-state index is 9.21. The van der Waals surface area contributed by atoms with Gasteiger partial charge in [0.1, 0.15) is 6.07 Å². The van der Waals surface area contributed by atoms with E-state index in [1.807, 2.05) is 12.1 Å². The lowest BCUT2D eigenvalue weighted by molar-refractivity contribution is 0.677. The first-order valence-corrected chi connectivity index (χ1v) is 7.05. The maximum atomic E-state index is 9.21. The van der Waals surface area contributed by atoms with E-state index in [1.165, 1.54) is 0 Å². The fraction of sp³-hybridized carbons (Fsp3) is 0.533. The Morgan fingerprint density at radius 2 is 1.78 bits per heavy atom. The van der Waals surface area contributed by atoms with Gasteiger partial charge in [0.05, 0.1) is 11.3 Å². The molecule has 3 heteroatoms. The molecule has 0 unspecified atom stereocenters. The van der Waals surface area contributed by atoms with Gasteiger partial charge >= 0.3 is 0 Å². The smallest absolute Gasteiger partial charge is 0.101 e. The van der Waals surface area contributed by atoms with Gasteiger partial charge in [0.2, 0.25) is 0 Å². The standard InChI is InChI=1S/C15H21ClN2/c1-3-5-9-18(10-6-4-2)15-8-7-14(16)11-13(15)12-17/h7-8,11H,3-6,9-10H2,1-2H3. The lowest BCUT2D eigenvalue weighted by Crippen LogP contribution is -2.26. The first-order valence-electron chi connectivity index (χ1n) is 6.67. The Labute approximate surface area is 115 Å². The molecule has 0 radical (unpaired) electrons. The van der Waals surface area contributed by atoms with Gasteiger partial charge in [-0.1, -0.05) is 38.3 Å². The molecule has 0 saturated carbocycles. The average molecular weight is 265 g/mol. The molecule has 98 valence electrons. The van der Waals surface area contributed by atoms with Gasteiger partial charge in [0, 0.05) is 18.1 Å². The van der Waals surface area contributed by atoms with E-state index in [-0.39, 0.29) is 0 Å². The van der Waals surface area contributed by atoms with Crippen molar-refractivity contribution >= 4 is 17.3 Å². The van der Waals surface area contributed by atoms with Gasteiger partial charge in [0.15, 0.2) is 0 Å². The fourth-order valence-electron chi connectivity index (χ4n) is 1.92. The Hall–Kier alpha value is -1.20. The summed E-state index contributed by atoms with van der Waals surface area (Å²) in [6, 6.07) is 7.82. The number of benzene rings is 1. The zero-order chi connectivity index (χ0) is 13.4. The number of hydrogen-bond donors (Lipinski definition) is 0. The highest BCUT2D eigenvalue weighted by molar-refractivity contribution is 6.30. The quantitative estimate of drug-likeness (QED) is 0.719. The molecule has 1 rings (SSSR count). The molecule has 0 heterocycles. The third-order valence-electron chi connectivity index (χ3n) is 2.98. The van der Waals surface area contributed by atoms with Gasteiger partial charge in [-0.05, 0) is 31.0 Å². The topological polar surface area (TPSA) is 27.0 Å².